The van der Waals surface area contributed by atoms with Gasteiger partial charge in [-0.25, -0.2) is 9.97 Å². The van der Waals surface area contributed by atoms with E-state index in [0.717, 1.165) is 77.5 Å². The van der Waals surface area contributed by atoms with Gasteiger partial charge in [0.15, 0.2) is 0 Å². The van der Waals surface area contributed by atoms with E-state index in [1.54, 1.807) is 0 Å². The molecular formula is C37H48N8O2. The predicted molar refractivity (Wildman–Crippen MR) is 185 cm³/mol. The van der Waals surface area contributed by atoms with E-state index in [4.69, 9.17) is 10.7 Å². The molecule has 2 fully saturated rings. The molecule has 0 spiro atoms. The van der Waals surface area contributed by atoms with E-state index in [-0.39, 0.29) is 41.8 Å². The lowest BCUT2D eigenvalue weighted by Crippen LogP contribution is -2.47. The van der Waals surface area contributed by atoms with Crippen LogP contribution in [-0.2, 0) is 9.59 Å². The van der Waals surface area contributed by atoms with Crippen LogP contribution in [0.15, 0.2) is 60.9 Å². The fourth-order valence-electron chi connectivity index (χ4n) is 7.02. The van der Waals surface area contributed by atoms with Gasteiger partial charge in [-0.2, -0.15) is 0 Å². The summed E-state index contributed by atoms with van der Waals surface area (Å²) in [7, 11) is 1.85. The molecule has 2 amide bonds. The molecule has 10 nitrogen and oxygen atoms in total. The molecule has 0 saturated carbocycles. The molecule has 4 atom stereocenters. The Balaban J connectivity index is 1.12. The summed E-state index contributed by atoms with van der Waals surface area (Å²) in [6.45, 7) is 9.58. The Kier molecular flexibility index (Phi) is 9.61. The Morgan fingerprint density at radius 3 is 1.55 bits per heavy atom. The van der Waals surface area contributed by atoms with Crippen LogP contribution in [-0.4, -0.2) is 73.8 Å². The van der Waals surface area contributed by atoms with Crippen molar-refractivity contribution in [3.05, 3.63) is 72.6 Å². The Morgan fingerprint density at radius 1 is 0.723 bits per heavy atom. The minimum atomic E-state index is -0.496. The SMILES string of the molecule is CN[C@H](C(=O)N1CCC[C@H]1c1ncc(-c2ccc(-c3ccc(-c4cnc([C@@H]5CCCN5C(=O)[C@@H](N)C(C)C)[nH]4)cc3)cc2)[nH]1)C(C)C. The predicted octanol–water partition coefficient (Wildman–Crippen LogP) is 5.69. The summed E-state index contributed by atoms with van der Waals surface area (Å²) < 4.78 is 0. The number of H-pyrrole nitrogens is 2. The van der Waals surface area contributed by atoms with Gasteiger partial charge in [0.2, 0.25) is 11.8 Å². The zero-order valence-electron chi connectivity index (χ0n) is 28.2. The lowest BCUT2D eigenvalue weighted by Gasteiger charge is -2.29. The Bertz CT molecular complexity index is 1670. The smallest absolute Gasteiger partial charge is 0.240 e. The Morgan fingerprint density at radius 2 is 1.15 bits per heavy atom. The number of rotatable bonds is 10. The van der Waals surface area contributed by atoms with Gasteiger partial charge in [-0.3, -0.25) is 9.59 Å². The van der Waals surface area contributed by atoms with Crippen LogP contribution in [0, 0.1) is 11.8 Å². The zero-order valence-corrected chi connectivity index (χ0v) is 28.2. The Labute approximate surface area is 277 Å². The van der Waals surface area contributed by atoms with Crippen molar-refractivity contribution >= 4 is 11.8 Å². The molecular weight excluding hydrogens is 588 g/mol. The van der Waals surface area contributed by atoms with Crippen LogP contribution in [0.1, 0.15) is 77.1 Å². The van der Waals surface area contributed by atoms with Gasteiger partial charge in [0, 0.05) is 13.1 Å². The fourth-order valence-corrected chi connectivity index (χ4v) is 7.02. The van der Waals surface area contributed by atoms with Crippen molar-refractivity contribution < 1.29 is 9.59 Å². The highest BCUT2D eigenvalue weighted by atomic mass is 16.2. The average molecular weight is 637 g/mol. The number of aromatic nitrogens is 4. The monoisotopic (exact) mass is 636 g/mol. The van der Waals surface area contributed by atoms with E-state index < -0.39 is 6.04 Å². The normalized spacial score (nSPS) is 19.6. The number of amides is 2. The summed E-state index contributed by atoms with van der Waals surface area (Å²) in [5, 5.41) is 3.19. The van der Waals surface area contributed by atoms with Crippen LogP contribution in [0.25, 0.3) is 33.6 Å². The van der Waals surface area contributed by atoms with Crippen LogP contribution >= 0.6 is 0 Å². The topological polar surface area (TPSA) is 136 Å². The number of hydrogen-bond donors (Lipinski definition) is 4. The molecule has 5 N–H and O–H groups in total. The van der Waals surface area contributed by atoms with Gasteiger partial charge in [-0.05, 0) is 66.8 Å². The summed E-state index contributed by atoms with van der Waals surface area (Å²) in [6.07, 6.45) is 7.44. The summed E-state index contributed by atoms with van der Waals surface area (Å²) in [4.78, 5) is 46.5. The molecule has 0 bridgehead atoms. The lowest BCUT2D eigenvalue weighted by atomic mass is 10.0. The van der Waals surface area contributed by atoms with Crippen LogP contribution in [0.5, 0.6) is 0 Å². The molecule has 6 rings (SSSR count). The second-order valence-corrected chi connectivity index (χ2v) is 13.7. The molecule has 0 aliphatic carbocycles. The van der Waals surface area contributed by atoms with Gasteiger partial charge in [-0.1, -0.05) is 76.2 Å². The third-order valence-electron chi connectivity index (χ3n) is 9.87. The number of nitrogens with one attached hydrogen (secondary N) is 3. The van der Waals surface area contributed by atoms with Crippen LogP contribution < -0.4 is 11.1 Å². The molecule has 2 aliphatic heterocycles. The molecule has 0 unspecified atom stereocenters. The molecule has 4 heterocycles. The molecule has 2 aromatic heterocycles. The third kappa shape index (κ3) is 6.62. The van der Waals surface area contributed by atoms with Gasteiger partial charge >= 0.3 is 0 Å². The standard InChI is InChI=1S/C37H48N8O2/c1-22(2)32(38)36(46)44-18-6-8-30(44)34-40-20-28(42-34)26-14-10-24(11-15-26)25-12-16-27(17-13-25)29-21-41-35(43-29)31-9-7-19-45(31)37(47)33(39-5)23(3)4/h10-17,20-23,30-33,39H,6-9,18-19,38H2,1-5H3,(H,40,42)(H,41,43)/t30-,31-,32-,33-/m0/s1. The zero-order chi connectivity index (χ0) is 33.2. The second kappa shape index (κ2) is 13.8. The van der Waals surface area contributed by atoms with E-state index >= 15 is 0 Å². The van der Waals surface area contributed by atoms with Crippen molar-refractivity contribution in [2.45, 2.75) is 77.5 Å². The highest BCUT2D eigenvalue weighted by molar-refractivity contribution is 5.83. The number of imidazole rings is 2. The summed E-state index contributed by atoms with van der Waals surface area (Å²) >= 11 is 0. The van der Waals surface area contributed by atoms with E-state index in [9.17, 15) is 9.59 Å². The number of carbonyl (C=O) groups excluding carboxylic acids is 2. The van der Waals surface area contributed by atoms with E-state index in [2.05, 4.69) is 82.6 Å². The highest BCUT2D eigenvalue weighted by Gasteiger charge is 2.37. The maximum Gasteiger partial charge on any atom is 0.240 e. The molecule has 2 saturated heterocycles. The fraction of sp³-hybridized carbons (Fsp3) is 0.459. The van der Waals surface area contributed by atoms with Crippen LogP contribution in [0.3, 0.4) is 0 Å². The first kappa shape index (κ1) is 32.7. The number of nitrogens with zero attached hydrogens (tertiary/aromatic N) is 4. The number of carbonyl (C=O) groups is 2. The van der Waals surface area contributed by atoms with E-state index in [1.807, 2.05) is 43.1 Å². The first-order chi connectivity index (χ1) is 22.7. The summed E-state index contributed by atoms with van der Waals surface area (Å²) in [5.74, 6) is 2.11. The van der Waals surface area contributed by atoms with Crippen molar-refractivity contribution in [2.24, 2.45) is 17.6 Å². The first-order valence-electron chi connectivity index (χ1n) is 17.0. The number of hydrogen-bond acceptors (Lipinski definition) is 6. The number of nitrogens with two attached hydrogens (primary N) is 1. The second-order valence-electron chi connectivity index (χ2n) is 13.7. The Hall–Kier alpha value is -4.28. The van der Waals surface area contributed by atoms with Crippen molar-refractivity contribution in [1.82, 2.24) is 35.1 Å². The van der Waals surface area contributed by atoms with E-state index in [1.165, 1.54) is 0 Å². The largest absolute Gasteiger partial charge is 0.340 e. The molecule has 2 aliphatic rings. The number of aromatic amines is 2. The number of likely N-dealkylation sites (N-methyl/N-ethyl adjacent to an activating group) is 1. The maximum absolute atomic E-state index is 13.3. The summed E-state index contributed by atoms with van der Waals surface area (Å²) in [5.41, 5.74) is 12.4. The van der Waals surface area contributed by atoms with Crippen LogP contribution in [0.4, 0.5) is 0 Å². The van der Waals surface area contributed by atoms with E-state index in [0.29, 0.717) is 6.54 Å². The third-order valence-corrected chi connectivity index (χ3v) is 9.87. The minimum absolute atomic E-state index is 0.000654. The van der Waals surface area contributed by atoms with Gasteiger partial charge in [0.1, 0.15) is 11.6 Å². The maximum atomic E-state index is 13.3. The van der Waals surface area contributed by atoms with Crippen molar-refractivity contribution in [3.63, 3.8) is 0 Å². The number of likely N-dealkylation sites (tertiary alicyclic amines) is 2. The van der Waals surface area contributed by atoms with Gasteiger partial charge in [0.05, 0.1) is 47.9 Å². The quantitative estimate of drug-likeness (QED) is 0.177. The van der Waals surface area contributed by atoms with Crippen molar-refractivity contribution in [2.75, 3.05) is 20.1 Å². The molecule has 0 radical (unpaired) electrons. The lowest BCUT2D eigenvalue weighted by molar-refractivity contribution is -0.136. The molecule has 248 valence electrons. The first-order valence-corrected chi connectivity index (χ1v) is 17.0. The number of benzene rings is 2. The average Bonchev–Trinajstić information content (AvgIpc) is 3.90. The molecule has 4 aromatic rings. The molecule has 2 aromatic carbocycles. The molecule has 10 heteroatoms. The highest BCUT2D eigenvalue weighted by Crippen LogP contribution is 2.35. The van der Waals surface area contributed by atoms with Crippen molar-refractivity contribution in [1.29, 1.82) is 0 Å². The van der Waals surface area contributed by atoms with Crippen LogP contribution in [0.2, 0.25) is 0 Å². The van der Waals surface area contributed by atoms with Crippen molar-refractivity contribution in [3.8, 4) is 33.6 Å². The molecule has 47 heavy (non-hydrogen) atoms. The van der Waals surface area contributed by atoms with Gasteiger partial charge < -0.3 is 30.8 Å². The van der Waals surface area contributed by atoms with Gasteiger partial charge in [-0.15, -0.1) is 0 Å². The minimum Gasteiger partial charge on any atom is -0.340 e. The summed E-state index contributed by atoms with van der Waals surface area (Å²) in [6, 6.07) is 16.1. The van der Waals surface area contributed by atoms with Gasteiger partial charge in [0.25, 0.3) is 0 Å².